The molecule has 0 aliphatic heterocycles. The van der Waals surface area contributed by atoms with Crippen molar-refractivity contribution in [2.45, 2.75) is 58.7 Å². The standard InChI is InChI=1S/C13H20N4/c1-9-10(2)16-17(11(9)3)8-13(4,7-14)15-12-5-6-12/h12,15H,5-6,8H2,1-4H3. The van der Waals surface area contributed by atoms with Crippen LogP contribution in [-0.4, -0.2) is 21.4 Å². The highest BCUT2D eigenvalue weighted by molar-refractivity contribution is 5.23. The molecule has 1 saturated carbocycles. The first-order valence-electron chi connectivity index (χ1n) is 6.15. The van der Waals surface area contributed by atoms with Crippen LogP contribution < -0.4 is 5.32 Å². The maximum Gasteiger partial charge on any atom is 0.123 e. The average molecular weight is 232 g/mol. The number of aryl methyl sites for hydroxylation is 1. The summed E-state index contributed by atoms with van der Waals surface area (Å²) in [5.41, 5.74) is 2.91. The molecule has 1 aliphatic carbocycles. The number of rotatable bonds is 4. The van der Waals surface area contributed by atoms with Crippen molar-refractivity contribution in [2.75, 3.05) is 0 Å². The number of aromatic nitrogens is 2. The molecule has 0 aromatic carbocycles. The van der Waals surface area contributed by atoms with Crippen molar-refractivity contribution in [1.82, 2.24) is 15.1 Å². The second-order valence-electron chi connectivity index (χ2n) is 5.32. The fraction of sp³-hybridized carbons (Fsp3) is 0.692. The summed E-state index contributed by atoms with van der Waals surface area (Å²) in [6, 6.07) is 2.91. The Labute approximate surface area is 103 Å². The first-order chi connectivity index (χ1) is 7.95. The quantitative estimate of drug-likeness (QED) is 0.862. The van der Waals surface area contributed by atoms with Crippen LogP contribution in [-0.2, 0) is 6.54 Å². The molecule has 1 unspecified atom stereocenters. The lowest BCUT2D eigenvalue weighted by Gasteiger charge is -2.23. The third kappa shape index (κ3) is 2.50. The van der Waals surface area contributed by atoms with Crippen LogP contribution in [0.1, 0.15) is 36.7 Å². The Balaban J connectivity index is 2.17. The Kier molecular flexibility index (Phi) is 2.96. The molecule has 0 spiro atoms. The largest absolute Gasteiger partial charge is 0.295 e. The van der Waals surface area contributed by atoms with Crippen molar-refractivity contribution in [2.24, 2.45) is 0 Å². The summed E-state index contributed by atoms with van der Waals surface area (Å²) in [6.45, 7) is 8.71. The van der Waals surface area contributed by atoms with E-state index in [0.29, 0.717) is 12.6 Å². The van der Waals surface area contributed by atoms with Gasteiger partial charge in [0.15, 0.2) is 0 Å². The van der Waals surface area contributed by atoms with Crippen molar-refractivity contribution < 1.29 is 0 Å². The summed E-state index contributed by atoms with van der Waals surface area (Å²) in [5, 5.41) is 17.2. The van der Waals surface area contributed by atoms with Gasteiger partial charge in [-0.25, -0.2) is 0 Å². The average Bonchev–Trinajstić information content (AvgIpc) is 3.05. The van der Waals surface area contributed by atoms with Gasteiger partial charge in [-0.2, -0.15) is 10.4 Å². The van der Waals surface area contributed by atoms with Gasteiger partial charge >= 0.3 is 0 Å². The lowest BCUT2D eigenvalue weighted by Crippen LogP contribution is -2.46. The first kappa shape index (κ1) is 12.1. The van der Waals surface area contributed by atoms with Gasteiger partial charge in [-0.1, -0.05) is 0 Å². The maximum absolute atomic E-state index is 9.34. The van der Waals surface area contributed by atoms with Gasteiger partial charge in [0.25, 0.3) is 0 Å². The molecular formula is C13H20N4. The van der Waals surface area contributed by atoms with Crippen molar-refractivity contribution in [3.05, 3.63) is 17.0 Å². The molecule has 17 heavy (non-hydrogen) atoms. The van der Waals surface area contributed by atoms with E-state index in [9.17, 15) is 5.26 Å². The zero-order valence-electron chi connectivity index (χ0n) is 11.0. The van der Waals surface area contributed by atoms with Gasteiger partial charge in [0.05, 0.1) is 18.3 Å². The highest BCUT2D eigenvalue weighted by atomic mass is 15.3. The van der Waals surface area contributed by atoms with Crippen LogP contribution in [0.15, 0.2) is 0 Å². The van der Waals surface area contributed by atoms with Crippen LogP contribution in [0.2, 0.25) is 0 Å². The minimum absolute atomic E-state index is 0.517. The fourth-order valence-electron chi connectivity index (χ4n) is 2.03. The SMILES string of the molecule is Cc1nn(CC(C)(C#N)NC2CC2)c(C)c1C. The van der Waals surface area contributed by atoms with E-state index < -0.39 is 5.54 Å². The fourth-order valence-corrected chi connectivity index (χ4v) is 2.03. The smallest absolute Gasteiger partial charge is 0.123 e. The topological polar surface area (TPSA) is 53.6 Å². The van der Waals surface area contributed by atoms with Crippen LogP contribution in [0, 0.1) is 32.1 Å². The van der Waals surface area contributed by atoms with Crippen molar-refractivity contribution in [1.29, 1.82) is 5.26 Å². The molecular weight excluding hydrogens is 212 g/mol. The van der Waals surface area contributed by atoms with Crippen LogP contribution in [0.4, 0.5) is 0 Å². The molecule has 1 aliphatic rings. The van der Waals surface area contributed by atoms with Crippen LogP contribution >= 0.6 is 0 Å². The lowest BCUT2D eigenvalue weighted by molar-refractivity contribution is 0.363. The molecule has 1 heterocycles. The number of nitrogens with zero attached hydrogens (tertiary/aromatic N) is 3. The number of hydrogen-bond acceptors (Lipinski definition) is 3. The Bertz CT molecular complexity index is 464. The lowest BCUT2D eigenvalue weighted by atomic mass is 10.0. The Morgan fingerprint density at radius 1 is 1.47 bits per heavy atom. The van der Waals surface area contributed by atoms with Crippen LogP contribution in [0.3, 0.4) is 0 Å². The summed E-state index contributed by atoms with van der Waals surface area (Å²) in [7, 11) is 0. The third-order valence-corrected chi connectivity index (χ3v) is 3.56. The zero-order valence-corrected chi connectivity index (χ0v) is 11.0. The summed E-state index contributed by atoms with van der Waals surface area (Å²) in [5.74, 6) is 0. The van der Waals surface area contributed by atoms with Crippen molar-refractivity contribution in [3.63, 3.8) is 0 Å². The minimum Gasteiger partial charge on any atom is -0.295 e. The number of nitrogens with one attached hydrogen (secondary N) is 1. The molecule has 1 fully saturated rings. The zero-order chi connectivity index (χ0) is 12.6. The minimum atomic E-state index is -0.517. The molecule has 1 aromatic heterocycles. The molecule has 0 saturated heterocycles. The molecule has 1 aromatic rings. The second kappa shape index (κ2) is 4.15. The highest BCUT2D eigenvalue weighted by Crippen LogP contribution is 2.23. The Morgan fingerprint density at radius 2 is 2.12 bits per heavy atom. The summed E-state index contributed by atoms with van der Waals surface area (Å²) in [4.78, 5) is 0. The van der Waals surface area contributed by atoms with E-state index in [2.05, 4.69) is 30.3 Å². The molecule has 4 heteroatoms. The van der Waals surface area contributed by atoms with Gasteiger partial charge in [-0.15, -0.1) is 0 Å². The molecule has 4 nitrogen and oxygen atoms in total. The molecule has 2 rings (SSSR count). The predicted molar refractivity (Wildman–Crippen MR) is 66.6 cm³/mol. The van der Waals surface area contributed by atoms with Crippen molar-refractivity contribution >= 4 is 0 Å². The second-order valence-corrected chi connectivity index (χ2v) is 5.32. The summed E-state index contributed by atoms with van der Waals surface area (Å²) >= 11 is 0. The van der Waals surface area contributed by atoms with E-state index in [1.807, 2.05) is 18.5 Å². The molecule has 0 amide bonds. The van der Waals surface area contributed by atoms with Gasteiger partial charge in [0.1, 0.15) is 5.54 Å². The summed E-state index contributed by atoms with van der Waals surface area (Å²) < 4.78 is 1.95. The predicted octanol–water partition coefficient (Wildman–Crippen LogP) is 1.84. The van der Waals surface area contributed by atoms with E-state index in [1.54, 1.807) is 0 Å². The van der Waals surface area contributed by atoms with Crippen LogP contribution in [0.25, 0.3) is 0 Å². The van der Waals surface area contributed by atoms with Gasteiger partial charge in [0, 0.05) is 11.7 Å². The van der Waals surface area contributed by atoms with Gasteiger partial charge < -0.3 is 0 Å². The normalized spacial score (nSPS) is 18.8. The molecule has 0 radical (unpaired) electrons. The maximum atomic E-state index is 9.34. The molecule has 1 N–H and O–H groups in total. The van der Waals surface area contributed by atoms with E-state index >= 15 is 0 Å². The molecule has 92 valence electrons. The number of nitriles is 1. The van der Waals surface area contributed by atoms with E-state index in [0.717, 1.165) is 11.4 Å². The van der Waals surface area contributed by atoms with Crippen molar-refractivity contribution in [3.8, 4) is 6.07 Å². The van der Waals surface area contributed by atoms with Gasteiger partial charge in [-0.3, -0.25) is 10.00 Å². The first-order valence-corrected chi connectivity index (χ1v) is 6.15. The third-order valence-electron chi connectivity index (χ3n) is 3.56. The van der Waals surface area contributed by atoms with E-state index in [4.69, 9.17) is 0 Å². The van der Waals surface area contributed by atoms with E-state index in [-0.39, 0.29) is 0 Å². The van der Waals surface area contributed by atoms with Gasteiger partial charge in [0.2, 0.25) is 0 Å². The number of hydrogen-bond donors (Lipinski definition) is 1. The monoisotopic (exact) mass is 232 g/mol. The Hall–Kier alpha value is -1.34. The highest BCUT2D eigenvalue weighted by Gasteiger charge is 2.33. The van der Waals surface area contributed by atoms with Crippen LogP contribution in [0.5, 0.6) is 0 Å². The van der Waals surface area contributed by atoms with E-state index in [1.165, 1.54) is 18.4 Å². The molecule has 0 bridgehead atoms. The summed E-state index contributed by atoms with van der Waals surface area (Å²) in [6.07, 6.45) is 2.38. The van der Waals surface area contributed by atoms with Gasteiger partial charge in [-0.05, 0) is 46.1 Å². The molecule has 1 atom stereocenters. The Morgan fingerprint density at radius 3 is 2.53 bits per heavy atom.